The fourth-order valence-electron chi connectivity index (χ4n) is 1.42. The fraction of sp³-hybridized carbons (Fsp3) is 0. The Morgan fingerprint density at radius 1 is 1.27 bits per heavy atom. The van der Waals surface area contributed by atoms with Crippen LogP contribution in [0, 0.1) is 0 Å². The van der Waals surface area contributed by atoms with Crippen LogP contribution in [-0.2, 0) is 11.4 Å². The van der Waals surface area contributed by atoms with Crippen LogP contribution in [0.1, 0.15) is 0 Å². The summed E-state index contributed by atoms with van der Waals surface area (Å²) in [6.07, 6.45) is 0. The van der Waals surface area contributed by atoms with Crippen LogP contribution in [0.2, 0.25) is 0 Å². The van der Waals surface area contributed by atoms with Gasteiger partial charge in [0.05, 0.1) is 0 Å². The first-order valence-corrected chi connectivity index (χ1v) is 5.22. The van der Waals surface area contributed by atoms with E-state index < -0.39 is 11.4 Å². The first-order chi connectivity index (χ1) is 7.16. The minimum atomic E-state index is -2.56. The normalized spacial score (nSPS) is 12.6. The SMILES string of the molecule is Nc1ccc2c(OS(=O)[O-])cccc2c1. The van der Waals surface area contributed by atoms with Gasteiger partial charge in [-0.15, -0.1) is 0 Å². The summed E-state index contributed by atoms with van der Waals surface area (Å²) in [6, 6.07) is 10.3. The van der Waals surface area contributed by atoms with Crippen molar-refractivity contribution in [3.63, 3.8) is 0 Å². The van der Waals surface area contributed by atoms with E-state index in [-0.39, 0.29) is 0 Å². The van der Waals surface area contributed by atoms with Crippen LogP contribution >= 0.6 is 0 Å². The Balaban J connectivity index is 2.60. The van der Waals surface area contributed by atoms with E-state index in [9.17, 15) is 8.76 Å². The molecule has 0 radical (unpaired) electrons. The molecule has 1 atom stereocenters. The molecule has 2 rings (SSSR count). The Morgan fingerprint density at radius 3 is 2.80 bits per heavy atom. The number of anilines is 1. The molecule has 2 aromatic rings. The van der Waals surface area contributed by atoms with E-state index in [1.807, 2.05) is 6.07 Å². The summed E-state index contributed by atoms with van der Waals surface area (Å²) >= 11 is -2.56. The zero-order chi connectivity index (χ0) is 10.8. The van der Waals surface area contributed by atoms with Gasteiger partial charge in [0, 0.05) is 11.1 Å². The molecule has 1 unspecified atom stereocenters. The van der Waals surface area contributed by atoms with Gasteiger partial charge in [-0.2, -0.15) is 0 Å². The van der Waals surface area contributed by atoms with E-state index in [4.69, 9.17) is 5.73 Å². The molecule has 0 aromatic heterocycles. The first kappa shape index (κ1) is 9.95. The molecule has 0 heterocycles. The average molecular weight is 222 g/mol. The summed E-state index contributed by atoms with van der Waals surface area (Å²) < 4.78 is 25.5. The Bertz CT molecular complexity index is 527. The Hall–Kier alpha value is -1.59. The average Bonchev–Trinajstić information content (AvgIpc) is 2.16. The number of hydrogen-bond acceptors (Lipinski definition) is 4. The topological polar surface area (TPSA) is 75.4 Å². The number of hydrogen-bond donors (Lipinski definition) is 1. The smallest absolute Gasteiger partial charge is 0.147 e. The molecule has 78 valence electrons. The number of nitrogens with two attached hydrogens (primary N) is 1. The molecule has 15 heavy (non-hydrogen) atoms. The largest absolute Gasteiger partial charge is 0.740 e. The van der Waals surface area contributed by atoms with E-state index in [0.29, 0.717) is 11.4 Å². The van der Waals surface area contributed by atoms with Crippen molar-refractivity contribution in [2.45, 2.75) is 0 Å². The van der Waals surface area contributed by atoms with Crippen LogP contribution in [0.25, 0.3) is 10.8 Å². The van der Waals surface area contributed by atoms with Gasteiger partial charge < -0.3 is 14.5 Å². The van der Waals surface area contributed by atoms with Gasteiger partial charge in [-0.05, 0) is 29.7 Å². The third kappa shape index (κ3) is 2.08. The minimum absolute atomic E-state index is 0.306. The second kappa shape index (κ2) is 3.88. The summed E-state index contributed by atoms with van der Waals surface area (Å²) in [7, 11) is 0. The second-order valence-corrected chi connectivity index (χ2v) is 3.60. The molecule has 5 heteroatoms. The summed E-state index contributed by atoms with van der Waals surface area (Å²) in [6.45, 7) is 0. The van der Waals surface area contributed by atoms with Crippen LogP contribution in [-0.4, -0.2) is 8.76 Å². The van der Waals surface area contributed by atoms with E-state index in [2.05, 4.69) is 4.18 Å². The van der Waals surface area contributed by atoms with Crippen molar-refractivity contribution < 1.29 is 12.9 Å². The molecule has 0 saturated heterocycles. The van der Waals surface area contributed by atoms with Crippen LogP contribution in [0.15, 0.2) is 36.4 Å². The molecule has 0 aliphatic carbocycles. The number of fused-ring (bicyclic) bond motifs is 1. The summed E-state index contributed by atoms with van der Waals surface area (Å²) in [5.41, 5.74) is 6.24. The molecule has 0 bridgehead atoms. The third-order valence-corrected chi connectivity index (χ3v) is 2.34. The molecule has 0 amide bonds. The standard InChI is InChI=1S/C10H9NO3S/c11-8-4-5-9-7(6-8)2-1-3-10(9)14-15(12)13/h1-6H,11H2,(H,12,13)/p-1. The highest BCUT2D eigenvalue weighted by Crippen LogP contribution is 2.27. The first-order valence-electron chi connectivity index (χ1n) is 4.22. The van der Waals surface area contributed by atoms with Gasteiger partial charge in [-0.25, -0.2) is 4.21 Å². The summed E-state index contributed by atoms with van der Waals surface area (Å²) in [5, 5.41) is 1.56. The monoisotopic (exact) mass is 222 g/mol. The molecule has 0 spiro atoms. The van der Waals surface area contributed by atoms with Crippen LogP contribution < -0.4 is 9.92 Å². The fourth-order valence-corrected chi connectivity index (χ4v) is 1.71. The van der Waals surface area contributed by atoms with Crippen LogP contribution in [0.3, 0.4) is 0 Å². The van der Waals surface area contributed by atoms with Crippen molar-refractivity contribution in [2.75, 3.05) is 5.73 Å². The maximum absolute atomic E-state index is 10.4. The molecule has 0 aliphatic heterocycles. The van der Waals surface area contributed by atoms with Gasteiger partial charge in [-0.3, -0.25) is 0 Å². The lowest BCUT2D eigenvalue weighted by molar-refractivity contribution is 0.442. The lowest BCUT2D eigenvalue weighted by Gasteiger charge is -2.09. The third-order valence-electron chi connectivity index (χ3n) is 2.02. The van der Waals surface area contributed by atoms with E-state index >= 15 is 0 Å². The molecule has 2 N–H and O–H groups in total. The Morgan fingerprint density at radius 2 is 2.07 bits per heavy atom. The maximum Gasteiger partial charge on any atom is 0.147 e. The predicted molar refractivity (Wildman–Crippen MR) is 57.9 cm³/mol. The molecular formula is C10H8NO3S-. The highest BCUT2D eigenvalue weighted by atomic mass is 32.2. The van der Waals surface area contributed by atoms with Crippen molar-refractivity contribution in [3.8, 4) is 5.75 Å². The van der Waals surface area contributed by atoms with E-state index in [0.717, 1.165) is 10.8 Å². The van der Waals surface area contributed by atoms with Gasteiger partial charge >= 0.3 is 0 Å². The van der Waals surface area contributed by atoms with Gasteiger partial charge in [0.25, 0.3) is 0 Å². The van der Waals surface area contributed by atoms with Crippen LogP contribution in [0.4, 0.5) is 5.69 Å². The van der Waals surface area contributed by atoms with Crippen molar-refractivity contribution in [2.24, 2.45) is 0 Å². The summed E-state index contributed by atoms with van der Waals surface area (Å²) in [5.74, 6) is 0.306. The molecule has 0 saturated carbocycles. The maximum atomic E-state index is 10.4. The quantitative estimate of drug-likeness (QED) is 0.618. The number of rotatable bonds is 2. The van der Waals surface area contributed by atoms with Gasteiger partial charge in [0.1, 0.15) is 17.1 Å². The van der Waals surface area contributed by atoms with Crippen molar-refractivity contribution in [3.05, 3.63) is 36.4 Å². The minimum Gasteiger partial charge on any atom is -0.740 e. The lowest BCUT2D eigenvalue weighted by Crippen LogP contribution is -1.98. The lowest BCUT2D eigenvalue weighted by atomic mass is 10.1. The highest BCUT2D eigenvalue weighted by Gasteiger charge is 2.02. The van der Waals surface area contributed by atoms with E-state index in [1.54, 1.807) is 30.3 Å². The second-order valence-electron chi connectivity index (χ2n) is 3.02. The van der Waals surface area contributed by atoms with E-state index in [1.165, 1.54) is 0 Å². The molecule has 0 fully saturated rings. The van der Waals surface area contributed by atoms with Crippen molar-refractivity contribution in [1.29, 1.82) is 0 Å². The Kier molecular flexibility index (Phi) is 2.57. The predicted octanol–water partition coefficient (Wildman–Crippen LogP) is 1.59. The molecule has 2 aromatic carbocycles. The van der Waals surface area contributed by atoms with Crippen LogP contribution in [0.5, 0.6) is 5.75 Å². The van der Waals surface area contributed by atoms with Crippen molar-refractivity contribution in [1.82, 2.24) is 0 Å². The zero-order valence-electron chi connectivity index (χ0n) is 7.67. The summed E-state index contributed by atoms with van der Waals surface area (Å²) in [4.78, 5) is 0. The van der Waals surface area contributed by atoms with Gasteiger partial charge in [-0.1, -0.05) is 12.1 Å². The molecular weight excluding hydrogens is 214 g/mol. The highest BCUT2D eigenvalue weighted by molar-refractivity contribution is 7.74. The molecule has 0 aliphatic rings. The molecule has 4 nitrogen and oxygen atoms in total. The van der Waals surface area contributed by atoms with Gasteiger partial charge in [0.15, 0.2) is 0 Å². The number of benzene rings is 2. The van der Waals surface area contributed by atoms with Gasteiger partial charge in [0.2, 0.25) is 0 Å². The Labute approximate surface area is 89.2 Å². The van der Waals surface area contributed by atoms with Crippen molar-refractivity contribution >= 4 is 27.8 Å². The zero-order valence-corrected chi connectivity index (χ0v) is 8.49. The number of nitrogen functional groups attached to an aromatic ring is 1.